The van der Waals surface area contributed by atoms with Crippen LogP contribution in [0.3, 0.4) is 0 Å². The Morgan fingerprint density at radius 2 is 1.74 bits per heavy atom. The lowest BCUT2D eigenvalue weighted by molar-refractivity contribution is 0.415. The van der Waals surface area contributed by atoms with E-state index >= 15 is 0 Å². The summed E-state index contributed by atoms with van der Waals surface area (Å²) in [4.78, 5) is 19.1. The smallest absolute Gasteiger partial charge is 0.252 e. The van der Waals surface area contributed by atoms with Crippen LogP contribution in [-0.2, 0) is 0 Å². The van der Waals surface area contributed by atoms with Crippen LogP contribution in [0.25, 0.3) is 11.3 Å². The normalized spacial score (nSPS) is 10.3. The van der Waals surface area contributed by atoms with E-state index in [4.69, 9.17) is 4.74 Å². The van der Waals surface area contributed by atoms with Crippen molar-refractivity contribution < 1.29 is 4.74 Å². The van der Waals surface area contributed by atoms with Crippen molar-refractivity contribution in [2.45, 2.75) is 6.92 Å². The van der Waals surface area contributed by atoms with Gasteiger partial charge in [-0.25, -0.2) is 4.98 Å². The summed E-state index contributed by atoms with van der Waals surface area (Å²) in [5.74, 6) is 1.17. The summed E-state index contributed by atoms with van der Waals surface area (Å²) in [6.07, 6.45) is 0. The van der Waals surface area contributed by atoms with Gasteiger partial charge in [0.15, 0.2) is 0 Å². The van der Waals surface area contributed by atoms with Crippen LogP contribution in [0.4, 0.5) is 11.6 Å². The van der Waals surface area contributed by atoms with Crippen LogP contribution in [-0.4, -0.2) is 17.1 Å². The molecule has 0 fully saturated rings. The lowest BCUT2D eigenvalue weighted by Gasteiger charge is -2.08. The molecule has 23 heavy (non-hydrogen) atoms. The predicted molar refractivity (Wildman–Crippen MR) is 91.3 cm³/mol. The van der Waals surface area contributed by atoms with Gasteiger partial charge in [0.1, 0.15) is 5.75 Å². The minimum atomic E-state index is -0.208. The van der Waals surface area contributed by atoms with Gasteiger partial charge in [0, 0.05) is 17.3 Å². The predicted octanol–water partition coefficient (Wildman–Crippen LogP) is 3.50. The standard InChI is InChI=1S/C18H17N3O2/c1-12-3-7-14(8-4-12)19-18-20-16(11-17(22)21-18)13-5-9-15(23-2)10-6-13/h3-11H,1-2H3,(H2,19,20,21,22). The number of H-pyrrole nitrogens is 1. The van der Waals surface area contributed by atoms with Gasteiger partial charge in [0.2, 0.25) is 5.95 Å². The van der Waals surface area contributed by atoms with Crippen molar-refractivity contribution in [1.82, 2.24) is 9.97 Å². The SMILES string of the molecule is COc1ccc(-c2cc(=O)[nH]c(Nc3ccc(C)cc3)n2)cc1. The van der Waals surface area contributed by atoms with Crippen LogP contribution in [0.15, 0.2) is 59.4 Å². The fraction of sp³-hybridized carbons (Fsp3) is 0.111. The molecule has 0 aliphatic rings. The molecular formula is C18H17N3O2. The number of nitrogens with one attached hydrogen (secondary N) is 2. The highest BCUT2D eigenvalue weighted by atomic mass is 16.5. The molecule has 1 aromatic heterocycles. The zero-order valence-corrected chi connectivity index (χ0v) is 13.0. The van der Waals surface area contributed by atoms with E-state index in [1.807, 2.05) is 55.5 Å². The second-order valence-electron chi connectivity index (χ2n) is 5.20. The van der Waals surface area contributed by atoms with Crippen molar-refractivity contribution >= 4 is 11.6 Å². The number of rotatable bonds is 4. The van der Waals surface area contributed by atoms with E-state index in [-0.39, 0.29) is 5.56 Å². The van der Waals surface area contributed by atoms with Crippen molar-refractivity contribution in [3.05, 3.63) is 70.5 Å². The molecule has 5 heteroatoms. The Morgan fingerprint density at radius 1 is 1.04 bits per heavy atom. The van der Waals surface area contributed by atoms with Gasteiger partial charge in [-0.1, -0.05) is 17.7 Å². The van der Waals surface area contributed by atoms with E-state index in [1.54, 1.807) is 7.11 Å². The number of aromatic amines is 1. The molecule has 3 rings (SSSR count). The first-order valence-corrected chi connectivity index (χ1v) is 7.23. The average Bonchev–Trinajstić information content (AvgIpc) is 2.56. The summed E-state index contributed by atoms with van der Waals surface area (Å²) >= 11 is 0. The topological polar surface area (TPSA) is 67.0 Å². The zero-order chi connectivity index (χ0) is 16.2. The Morgan fingerprint density at radius 3 is 2.39 bits per heavy atom. The van der Waals surface area contributed by atoms with Crippen LogP contribution < -0.4 is 15.6 Å². The molecule has 0 atom stereocenters. The lowest BCUT2D eigenvalue weighted by Crippen LogP contribution is -2.10. The zero-order valence-electron chi connectivity index (χ0n) is 13.0. The van der Waals surface area contributed by atoms with Gasteiger partial charge >= 0.3 is 0 Å². The number of hydrogen-bond donors (Lipinski definition) is 2. The number of aryl methyl sites for hydroxylation is 1. The molecule has 0 amide bonds. The summed E-state index contributed by atoms with van der Waals surface area (Å²) in [6, 6.07) is 16.8. The van der Waals surface area contributed by atoms with E-state index in [1.165, 1.54) is 11.6 Å². The lowest BCUT2D eigenvalue weighted by atomic mass is 10.1. The molecule has 0 unspecified atom stereocenters. The maximum atomic E-state index is 11.9. The van der Waals surface area contributed by atoms with Crippen LogP contribution in [0, 0.1) is 6.92 Å². The first-order chi connectivity index (χ1) is 11.1. The Labute approximate surface area is 134 Å². The van der Waals surface area contributed by atoms with Crippen molar-refractivity contribution in [2.75, 3.05) is 12.4 Å². The first kappa shape index (κ1) is 14.8. The Kier molecular flexibility index (Phi) is 4.10. The molecule has 5 nitrogen and oxygen atoms in total. The van der Waals surface area contributed by atoms with Gasteiger partial charge in [-0.2, -0.15) is 0 Å². The van der Waals surface area contributed by atoms with Crippen molar-refractivity contribution in [2.24, 2.45) is 0 Å². The molecule has 2 aromatic carbocycles. The third-order valence-corrected chi connectivity index (χ3v) is 3.44. The molecule has 0 aliphatic carbocycles. The quantitative estimate of drug-likeness (QED) is 0.774. The summed E-state index contributed by atoms with van der Waals surface area (Å²) in [6.45, 7) is 2.02. The molecule has 0 bridgehead atoms. The number of benzene rings is 2. The van der Waals surface area contributed by atoms with Gasteiger partial charge in [-0.05, 0) is 43.3 Å². The second kappa shape index (κ2) is 6.36. The van der Waals surface area contributed by atoms with Crippen molar-refractivity contribution in [3.63, 3.8) is 0 Å². The third kappa shape index (κ3) is 3.58. The molecule has 0 aliphatic heterocycles. The van der Waals surface area contributed by atoms with E-state index in [9.17, 15) is 4.79 Å². The fourth-order valence-corrected chi connectivity index (χ4v) is 2.20. The van der Waals surface area contributed by atoms with Crippen molar-refractivity contribution in [3.8, 4) is 17.0 Å². The van der Waals surface area contributed by atoms with Gasteiger partial charge < -0.3 is 10.1 Å². The van der Waals surface area contributed by atoms with E-state index in [0.717, 1.165) is 17.0 Å². The highest BCUT2D eigenvalue weighted by Crippen LogP contribution is 2.21. The first-order valence-electron chi connectivity index (χ1n) is 7.23. The summed E-state index contributed by atoms with van der Waals surface area (Å²) < 4.78 is 5.14. The molecular weight excluding hydrogens is 290 g/mol. The van der Waals surface area contributed by atoms with Crippen LogP contribution in [0.1, 0.15) is 5.56 Å². The van der Waals surface area contributed by atoms with E-state index < -0.39 is 0 Å². The minimum absolute atomic E-state index is 0.208. The molecule has 0 saturated heterocycles. The summed E-state index contributed by atoms with van der Waals surface area (Å²) in [5, 5.41) is 3.11. The maximum Gasteiger partial charge on any atom is 0.252 e. The maximum absolute atomic E-state index is 11.9. The van der Waals surface area contributed by atoms with Gasteiger partial charge in [-0.15, -0.1) is 0 Å². The van der Waals surface area contributed by atoms with Crippen LogP contribution in [0.5, 0.6) is 5.75 Å². The molecule has 0 spiro atoms. The molecule has 1 heterocycles. The fourth-order valence-electron chi connectivity index (χ4n) is 2.20. The van der Waals surface area contributed by atoms with Crippen LogP contribution in [0.2, 0.25) is 0 Å². The molecule has 3 aromatic rings. The molecule has 2 N–H and O–H groups in total. The Bertz CT molecular complexity index is 853. The average molecular weight is 307 g/mol. The molecule has 116 valence electrons. The summed E-state index contributed by atoms with van der Waals surface area (Å²) in [5.41, 5.74) is 3.28. The number of hydrogen-bond acceptors (Lipinski definition) is 4. The van der Waals surface area contributed by atoms with Gasteiger partial charge in [-0.3, -0.25) is 9.78 Å². The minimum Gasteiger partial charge on any atom is -0.497 e. The van der Waals surface area contributed by atoms with Crippen molar-refractivity contribution in [1.29, 1.82) is 0 Å². The van der Waals surface area contributed by atoms with Gasteiger partial charge in [0.05, 0.1) is 12.8 Å². The van der Waals surface area contributed by atoms with Crippen LogP contribution >= 0.6 is 0 Å². The number of methoxy groups -OCH3 is 1. The number of aromatic nitrogens is 2. The molecule has 0 saturated carbocycles. The highest BCUT2D eigenvalue weighted by Gasteiger charge is 2.05. The molecule has 0 radical (unpaired) electrons. The number of nitrogens with zero attached hydrogens (tertiary/aromatic N) is 1. The Hall–Kier alpha value is -3.08. The number of anilines is 2. The van der Waals surface area contributed by atoms with E-state index in [2.05, 4.69) is 15.3 Å². The summed E-state index contributed by atoms with van der Waals surface area (Å²) in [7, 11) is 1.62. The largest absolute Gasteiger partial charge is 0.497 e. The third-order valence-electron chi connectivity index (χ3n) is 3.44. The Balaban J connectivity index is 1.91. The monoisotopic (exact) mass is 307 g/mol. The highest BCUT2D eigenvalue weighted by molar-refractivity contribution is 5.62. The van der Waals surface area contributed by atoms with E-state index in [0.29, 0.717) is 11.6 Å². The van der Waals surface area contributed by atoms with Gasteiger partial charge in [0.25, 0.3) is 5.56 Å². The number of ether oxygens (including phenoxy) is 1. The second-order valence-corrected chi connectivity index (χ2v) is 5.20.